The predicted octanol–water partition coefficient (Wildman–Crippen LogP) is 5.88. The van der Waals surface area contributed by atoms with E-state index < -0.39 is 0 Å². The van der Waals surface area contributed by atoms with Crippen LogP contribution >= 0.6 is 0 Å². The molecule has 1 aromatic rings. The van der Waals surface area contributed by atoms with Crippen molar-refractivity contribution in [3.8, 4) is 5.75 Å². The molecule has 1 aromatic carbocycles. The molecule has 3 fully saturated rings. The number of unbranched alkanes of at least 4 members (excludes halogenated alkanes) is 2. The third-order valence-corrected chi connectivity index (χ3v) is 8.40. The van der Waals surface area contributed by atoms with Gasteiger partial charge in [0.1, 0.15) is 5.75 Å². The number of fused-ring (bicyclic) bond motifs is 2. The molecular weight excluding hydrogens is 410 g/mol. The number of benzene rings is 1. The highest BCUT2D eigenvalue weighted by Crippen LogP contribution is 2.43. The Bertz CT molecular complexity index is 734. The normalized spacial score (nSPS) is 25.8. The van der Waals surface area contributed by atoms with Crippen LogP contribution in [0.4, 0.5) is 4.79 Å². The maximum Gasteiger partial charge on any atom is 0.317 e. The number of rotatable bonds is 10. The number of carbonyl (C=O) groups is 1. The number of nitrogens with one attached hydrogen (secondary N) is 1. The number of amides is 2. The zero-order valence-corrected chi connectivity index (χ0v) is 20.7. The second-order valence-corrected chi connectivity index (χ2v) is 10.8. The zero-order valence-electron chi connectivity index (χ0n) is 20.7. The van der Waals surface area contributed by atoms with Crippen LogP contribution in [-0.2, 0) is 0 Å². The van der Waals surface area contributed by atoms with Gasteiger partial charge in [-0.15, -0.1) is 0 Å². The maximum absolute atomic E-state index is 13.1. The summed E-state index contributed by atoms with van der Waals surface area (Å²) in [5, 5.41) is 13.1. The first-order valence-corrected chi connectivity index (χ1v) is 13.7. The number of phenolic OH excluding ortho intramolecular Hbond substituents is 1. The van der Waals surface area contributed by atoms with E-state index in [2.05, 4.69) is 28.1 Å². The summed E-state index contributed by atoms with van der Waals surface area (Å²) < 4.78 is 0. The van der Waals surface area contributed by atoms with Crippen molar-refractivity contribution in [2.24, 2.45) is 5.92 Å². The third-order valence-electron chi connectivity index (χ3n) is 8.40. The molecule has 4 rings (SSSR count). The summed E-state index contributed by atoms with van der Waals surface area (Å²) in [6.07, 6.45) is 14.9. The lowest BCUT2D eigenvalue weighted by molar-refractivity contribution is 0.106. The Labute approximate surface area is 200 Å². The van der Waals surface area contributed by atoms with Crippen LogP contribution in [0.2, 0.25) is 0 Å². The third kappa shape index (κ3) is 6.65. The molecular formula is C28H45N3O2. The van der Waals surface area contributed by atoms with Gasteiger partial charge in [0, 0.05) is 38.3 Å². The number of hydrogen-bond donors (Lipinski definition) is 2. The average Bonchev–Trinajstić information content (AvgIpc) is 3.06. The van der Waals surface area contributed by atoms with Gasteiger partial charge in [0.05, 0.1) is 0 Å². The topological polar surface area (TPSA) is 55.8 Å². The lowest BCUT2D eigenvalue weighted by atomic mass is 9.85. The van der Waals surface area contributed by atoms with Gasteiger partial charge in [0.2, 0.25) is 0 Å². The lowest BCUT2D eigenvalue weighted by Crippen LogP contribution is -2.50. The number of aromatic hydroxyl groups is 1. The van der Waals surface area contributed by atoms with Gasteiger partial charge in [0.15, 0.2) is 0 Å². The Hall–Kier alpha value is -1.75. The summed E-state index contributed by atoms with van der Waals surface area (Å²) in [7, 11) is 0. The van der Waals surface area contributed by atoms with E-state index in [0.717, 1.165) is 32.6 Å². The van der Waals surface area contributed by atoms with E-state index in [1.165, 1.54) is 76.2 Å². The van der Waals surface area contributed by atoms with Crippen LogP contribution in [0.3, 0.4) is 0 Å². The molecule has 0 radical (unpaired) electrons. The molecule has 0 aromatic heterocycles. The van der Waals surface area contributed by atoms with E-state index in [9.17, 15) is 9.90 Å². The number of urea groups is 1. The fourth-order valence-electron chi connectivity index (χ4n) is 6.57. The number of hydrogen-bond acceptors (Lipinski definition) is 3. The molecule has 33 heavy (non-hydrogen) atoms. The Morgan fingerprint density at radius 2 is 1.85 bits per heavy atom. The molecule has 1 saturated carbocycles. The monoisotopic (exact) mass is 455 g/mol. The Morgan fingerprint density at radius 1 is 1.09 bits per heavy atom. The van der Waals surface area contributed by atoms with Crippen molar-refractivity contribution in [1.29, 1.82) is 0 Å². The largest absolute Gasteiger partial charge is 0.508 e. The van der Waals surface area contributed by atoms with Gasteiger partial charge >= 0.3 is 6.03 Å². The first kappa shape index (κ1) is 24.4. The highest BCUT2D eigenvalue weighted by molar-refractivity contribution is 5.74. The first-order valence-electron chi connectivity index (χ1n) is 13.7. The summed E-state index contributed by atoms with van der Waals surface area (Å²) in [6, 6.07) is 9.24. The van der Waals surface area contributed by atoms with Gasteiger partial charge in [-0.2, -0.15) is 0 Å². The number of phenols is 1. The maximum atomic E-state index is 13.1. The second-order valence-electron chi connectivity index (χ2n) is 10.8. The van der Waals surface area contributed by atoms with Crippen molar-refractivity contribution in [3.63, 3.8) is 0 Å². The van der Waals surface area contributed by atoms with Crippen LogP contribution in [0.15, 0.2) is 24.3 Å². The van der Waals surface area contributed by atoms with Crippen LogP contribution in [0, 0.1) is 5.92 Å². The van der Waals surface area contributed by atoms with Crippen LogP contribution < -0.4 is 5.32 Å². The van der Waals surface area contributed by atoms with Crippen molar-refractivity contribution in [1.82, 2.24) is 15.1 Å². The molecule has 184 valence electrons. The summed E-state index contributed by atoms with van der Waals surface area (Å²) >= 11 is 0. The minimum atomic E-state index is 0.152. The second kappa shape index (κ2) is 12.1. The highest BCUT2D eigenvalue weighted by Gasteiger charge is 2.41. The van der Waals surface area contributed by atoms with Crippen molar-refractivity contribution < 1.29 is 9.90 Å². The van der Waals surface area contributed by atoms with Gasteiger partial charge in [-0.25, -0.2) is 4.79 Å². The summed E-state index contributed by atoms with van der Waals surface area (Å²) in [5.41, 5.74) is 1.29. The minimum absolute atomic E-state index is 0.152. The molecule has 2 bridgehead atoms. The summed E-state index contributed by atoms with van der Waals surface area (Å²) in [5.74, 6) is 1.60. The van der Waals surface area contributed by atoms with Crippen LogP contribution in [0.1, 0.15) is 95.5 Å². The Balaban J connectivity index is 1.33. The van der Waals surface area contributed by atoms with Crippen LogP contribution in [0.5, 0.6) is 5.75 Å². The van der Waals surface area contributed by atoms with E-state index in [4.69, 9.17) is 0 Å². The minimum Gasteiger partial charge on any atom is -0.508 e. The van der Waals surface area contributed by atoms with Gasteiger partial charge < -0.3 is 15.3 Å². The SMILES string of the molecule is CCCCCNC(=O)N(CCN1[C@@H]2CC[C@H]1CC(c1cccc(O)c1)C2)CC1CCCCC1. The molecule has 3 aliphatic rings. The van der Waals surface area contributed by atoms with Gasteiger partial charge in [-0.1, -0.05) is 51.2 Å². The zero-order chi connectivity index (χ0) is 23.0. The molecule has 2 aliphatic heterocycles. The van der Waals surface area contributed by atoms with Crippen molar-refractivity contribution in [3.05, 3.63) is 29.8 Å². The number of piperidine rings is 1. The van der Waals surface area contributed by atoms with Gasteiger partial charge in [0.25, 0.3) is 0 Å². The van der Waals surface area contributed by atoms with Crippen molar-refractivity contribution in [2.75, 3.05) is 26.2 Å². The van der Waals surface area contributed by atoms with E-state index >= 15 is 0 Å². The van der Waals surface area contributed by atoms with Crippen molar-refractivity contribution >= 4 is 6.03 Å². The molecule has 2 amide bonds. The molecule has 5 nitrogen and oxygen atoms in total. The molecule has 0 spiro atoms. The van der Waals surface area contributed by atoms with Crippen LogP contribution in [-0.4, -0.2) is 59.2 Å². The van der Waals surface area contributed by atoms with E-state index in [1.807, 2.05) is 12.1 Å². The van der Waals surface area contributed by atoms with E-state index in [1.54, 1.807) is 6.07 Å². The molecule has 2 N–H and O–H groups in total. The molecule has 2 saturated heterocycles. The first-order chi connectivity index (χ1) is 16.1. The summed E-state index contributed by atoms with van der Waals surface area (Å²) in [4.78, 5) is 17.9. The molecule has 1 unspecified atom stereocenters. The standard InChI is InChI=1S/C28H45N3O2/c1-2-3-7-15-29-28(33)30(21-22-9-5-4-6-10-22)16-17-31-25-13-14-26(31)19-24(18-25)23-11-8-12-27(32)20-23/h8,11-12,20,22,24-26,32H,2-7,9-10,13-19,21H2,1H3,(H,29,33)/t24?,25-,26+. The number of carbonyl (C=O) groups excluding carboxylic acids is 1. The van der Waals surface area contributed by atoms with Crippen molar-refractivity contribution in [2.45, 2.75) is 102 Å². The van der Waals surface area contributed by atoms with Crippen LogP contribution in [0.25, 0.3) is 0 Å². The fraction of sp³-hybridized carbons (Fsp3) is 0.750. The predicted molar refractivity (Wildman–Crippen MR) is 135 cm³/mol. The average molecular weight is 456 g/mol. The highest BCUT2D eigenvalue weighted by atomic mass is 16.3. The van der Waals surface area contributed by atoms with Gasteiger partial charge in [-0.05, 0) is 74.5 Å². The number of nitrogens with zero attached hydrogens (tertiary/aromatic N) is 2. The fourth-order valence-corrected chi connectivity index (χ4v) is 6.57. The quantitative estimate of drug-likeness (QED) is 0.433. The molecule has 5 heteroatoms. The van der Waals surface area contributed by atoms with E-state index in [-0.39, 0.29) is 6.03 Å². The Kier molecular flexibility index (Phi) is 8.94. The molecule has 2 heterocycles. The molecule has 3 atom stereocenters. The smallest absolute Gasteiger partial charge is 0.317 e. The van der Waals surface area contributed by atoms with E-state index in [0.29, 0.717) is 29.7 Å². The lowest BCUT2D eigenvalue weighted by Gasteiger charge is -2.40. The van der Waals surface area contributed by atoms with Gasteiger partial charge in [-0.3, -0.25) is 4.90 Å². The molecule has 1 aliphatic carbocycles. The summed E-state index contributed by atoms with van der Waals surface area (Å²) in [6.45, 7) is 5.77. The Morgan fingerprint density at radius 3 is 2.55 bits per heavy atom.